The summed E-state index contributed by atoms with van der Waals surface area (Å²) in [4.78, 5) is 5.24. The second kappa shape index (κ2) is 8.51. The molecule has 0 spiro atoms. The molecule has 0 amide bonds. The second-order valence-electron chi connectivity index (χ2n) is 10.7. The van der Waals surface area contributed by atoms with E-state index in [0.717, 1.165) is 44.1 Å². The van der Waals surface area contributed by atoms with Crippen molar-refractivity contribution in [3.63, 3.8) is 0 Å². The van der Waals surface area contributed by atoms with Crippen molar-refractivity contribution in [2.24, 2.45) is 0 Å². The van der Waals surface area contributed by atoms with Crippen molar-refractivity contribution in [1.29, 1.82) is 0 Å². The van der Waals surface area contributed by atoms with Crippen LogP contribution in [-0.4, -0.2) is 4.98 Å². The van der Waals surface area contributed by atoms with E-state index >= 15 is 0 Å². The highest BCUT2D eigenvalue weighted by molar-refractivity contribution is 6.12. The molecule has 0 saturated heterocycles. The number of aromatic nitrogens is 1. The van der Waals surface area contributed by atoms with Crippen LogP contribution >= 0.6 is 0 Å². The first-order valence-electron chi connectivity index (χ1n) is 14.0. The van der Waals surface area contributed by atoms with Gasteiger partial charge in [0.1, 0.15) is 11.2 Å². The van der Waals surface area contributed by atoms with Crippen molar-refractivity contribution < 1.29 is 4.42 Å². The predicted molar refractivity (Wildman–Crippen MR) is 170 cm³/mol. The lowest BCUT2D eigenvalue weighted by Gasteiger charge is -2.24. The fourth-order valence-corrected chi connectivity index (χ4v) is 6.66. The van der Waals surface area contributed by atoms with E-state index < -0.39 is 0 Å². The standard InChI is InChI=1S/C39H23NO/c1-2-11-25-24(10-1)26-12-3-4-14-28(26)31-20-22-35-33(38(31)30-16-6-5-13-27(25)30)21-23-36(40-35)34-18-9-17-32-29-15-7-8-19-37(29)41-39(32)34/h1-23H. The van der Waals surface area contributed by atoms with Crippen LogP contribution in [0, 0.1) is 0 Å². The van der Waals surface area contributed by atoms with E-state index in [0.29, 0.717) is 0 Å². The van der Waals surface area contributed by atoms with Crippen LogP contribution in [0.15, 0.2) is 144 Å². The molecule has 8 aromatic rings. The van der Waals surface area contributed by atoms with Crippen LogP contribution in [0.2, 0.25) is 0 Å². The summed E-state index contributed by atoms with van der Waals surface area (Å²) in [5, 5.41) is 3.38. The summed E-state index contributed by atoms with van der Waals surface area (Å²) < 4.78 is 6.35. The fraction of sp³-hybridized carbons (Fsp3) is 0. The first-order valence-corrected chi connectivity index (χ1v) is 14.0. The second-order valence-corrected chi connectivity index (χ2v) is 10.7. The minimum Gasteiger partial charge on any atom is -0.455 e. The molecule has 6 aromatic carbocycles. The molecule has 0 unspecified atom stereocenters. The maximum absolute atomic E-state index is 6.35. The minimum absolute atomic E-state index is 0.877. The smallest absolute Gasteiger partial charge is 0.144 e. The first kappa shape index (κ1) is 22.4. The Morgan fingerprint density at radius 2 is 0.927 bits per heavy atom. The Bertz CT molecular complexity index is 2320. The lowest BCUT2D eigenvalue weighted by atomic mass is 9.80. The maximum atomic E-state index is 6.35. The first-order chi connectivity index (χ1) is 20.3. The van der Waals surface area contributed by atoms with Crippen molar-refractivity contribution in [2.75, 3.05) is 0 Å². The van der Waals surface area contributed by atoms with Crippen LogP contribution in [0.25, 0.3) is 88.6 Å². The van der Waals surface area contributed by atoms with Crippen molar-refractivity contribution in [3.05, 3.63) is 140 Å². The number of furan rings is 1. The molecular weight excluding hydrogens is 498 g/mol. The van der Waals surface area contributed by atoms with Gasteiger partial charge in [-0.3, -0.25) is 0 Å². The molecule has 0 N–H and O–H groups in total. The Labute approximate surface area is 237 Å². The Morgan fingerprint density at radius 3 is 1.66 bits per heavy atom. The number of benzene rings is 6. The Kier molecular flexibility index (Phi) is 4.64. The molecule has 2 nitrogen and oxygen atoms in total. The molecule has 1 aliphatic rings. The lowest BCUT2D eigenvalue weighted by Crippen LogP contribution is -1.98. The van der Waals surface area contributed by atoms with Gasteiger partial charge in [0.15, 0.2) is 0 Å². The van der Waals surface area contributed by atoms with Gasteiger partial charge in [-0.05, 0) is 74.8 Å². The third-order valence-corrected chi connectivity index (χ3v) is 8.47. The van der Waals surface area contributed by atoms with Gasteiger partial charge >= 0.3 is 0 Å². The van der Waals surface area contributed by atoms with Gasteiger partial charge in [0.05, 0.1) is 11.2 Å². The molecular formula is C39H23NO. The van der Waals surface area contributed by atoms with Crippen molar-refractivity contribution in [2.45, 2.75) is 0 Å². The SMILES string of the molecule is c1ccc2c(c1)-c1ccccc1-c1ccc3nc(-c4cccc5c4oc4ccccc45)ccc3c1-c1ccccc1-2. The molecule has 2 heterocycles. The summed E-state index contributed by atoms with van der Waals surface area (Å²) in [5.74, 6) is 0. The zero-order valence-corrected chi connectivity index (χ0v) is 22.1. The molecule has 2 aromatic heterocycles. The molecule has 0 fully saturated rings. The number of rotatable bonds is 1. The van der Waals surface area contributed by atoms with Gasteiger partial charge in [0.25, 0.3) is 0 Å². The van der Waals surface area contributed by atoms with Crippen molar-refractivity contribution in [3.8, 4) is 55.8 Å². The van der Waals surface area contributed by atoms with Crippen molar-refractivity contribution >= 4 is 32.8 Å². The van der Waals surface area contributed by atoms with Crippen LogP contribution in [0.3, 0.4) is 0 Å². The summed E-state index contributed by atoms with van der Waals surface area (Å²) in [6, 6.07) is 49.6. The molecule has 0 saturated carbocycles. The molecule has 190 valence electrons. The number of nitrogens with zero attached hydrogens (tertiary/aromatic N) is 1. The molecule has 0 radical (unpaired) electrons. The normalized spacial score (nSPS) is 11.9. The number of pyridine rings is 1. The van der Waals surface area contributed by atoms with Gasteiger partial charge < -0.3 is 4.42 Å². The zero-order chi connectivity index (χ0) is 26.9. The lowest BCUT2D eigenvalue weighted by molar-refractivity contribution is 0.670. The number of hydrogen-bond acceptors (Lipinski definition) is 2. The van der Waals surface area contributed by atoms with E-state index in [-0.39, 0.29) is 0 Å². The average molecular weight is 522 g/mol. The average Bonchev–Trinajstić information content (AvgIpc) is 3.42. The van der Waals surface area contributed by atoms with Gasteiger partial charge in [0, 0.05) is 21.7 Å². The van der Waals surface area contributed by atoms with Crippen LogP contribution in [0.1, 0.15) is 0 Å². The fourth-order valence-electron chi connectivity index (χ4n) is 6.66. The Hall–Kier alpha value is -5.47. The highest BCUT2D eigenvalue weighted by Crippen LogP contribution is 2.49. The van der Waals surface area contributed by atoms with Crippen molar-refractivity contribution in [1.82, 2.24) is 4.98 Å². The van der Waals surface area contributed by atoms with E-state index in [1.165, 1.54) is 44.5 Å². The Balaban J connectivity index is 1.34. The highest BCUT2D eigenvalue weighted by atomic mass is 16.3. The summed E-state index contributed by atoms with van der Waals surface area (Å²) in [6.07, 6.45) is 0. The van der Waals surface area contributed by atoms with Crippen LogP contribution in [0.5, 0.6) is 0 Å². The van der Waals surface area contributed by atoms with Gasteiger partial charge in [-0.1, -0.05) is 109 Å². The highest BCUT2D eigenvalue weighted by Gasteiger charge is 2.23. The summed E-state index contributed by atoms with van der Waals surface area (Å²) in [6.45, 7) is 0. The molecule has 1 aliphatic carbocycles. The van der Waals surface area contributed by atoms with Gasteiger partial charge in [0.2, 0.25) is 0 Å². The quantitative estimate of drug-likeness (QED) is 0.215. The topological polar surface area (TPSA) is 26.0 Å². The van der Waals surface area contributed by atoms with E-state index in [4.69, 9.17) is 9.40 Å². The molecule has 9 rings (SSSR count). The van der Waals surface area contributed by atoms with Crippen LogP contribution < -0.4 is 0 Å². The van der Waals surface area contributed by atoms with E-state index in [9.17, 15) is 0 Å². The minimum atomic E-state index is 0.877. The Morgan fingerprint density at radius 1 is 0.366 bits per heavy atom. The molecule has 2 heteroatoms. The number of hydrogen-bond donors (Lipinski definition) is 0. The van der Waals surface area contributed by atoms with Gasteiger partial charge in [-0.15, -0.1) is 0 Å². The van der Waals surface area contributed by atoms with Gasteiger partial charge in [-0.25, -0.2) is 4.98 Å². The molecule has 41 heavy (non-hydrogen) atoms. The third kappa shape index (κ3) is 3.22. The van der Waals surface area contributed by atoms with E-state index in [1.54, 1.807) is 0 Å². The summed E-state index contributed by atoms with van der Waals surface area (Å²) >= 11 is 0. The largest absolute Gasteiger partial charge is 0.455 e. The van der Waals surface area contributed by atoms with E-state index in [1.807, 2.05) is 12.1 Å². The van der Waals surface area contributed by atoms with Crippen LogP contribution in [0.4, 0.5) is 0 Å². The number of fused-ring (bicyclic) bond motifs is 13. The van der Waals surface area contributed by atoms with Crippen LogP contribution in [-0.2, 0) is 0 Å². The van der Waals surface area contributed by atoms with Gasteiger partial charge in [-0.2, -0.15) is 0 Å². The summed E-state index contributed by atoms with van der Waals surface area (Å²) in [7, 11) is 0. The zero-order valence-electron chi connectivity index (χ0n) is 22.1. The molecule has 0 bridgehead atoms. The molecule has 0 atom stereocenters. The summed E-state index contributed by atoms with van der Waals surface area (Å²) in [5.41, 5.74) is 14.6. The monoisotopic (exact) mass is 521 g/mol. The maximum Gasteiger partial charge on any atom is 0.144 e. The third-order valence-electron chi connectivity index (χ3n) is 8.47. The number of para-hydroxylation sites is 2. The molecule has 0 aliphatic heterocycles. The predicted octanol–water partition coefficient (Wildman–Crippen LogP) is 10.8. The van der Waals surface area contributed by atoms with E-state index in [2.05, 4.69) is 127 Å².